The van der Waals surface area contributed by atoms with Gasteiger partial charge in [0.1, 0.15) is 11.9 Å². The Kier molecular flexibility index (Phi) is 5.90. The van der Waals surface area contributed by atoms with Gasteiger partial charge < -0.3 is 14.9 Å². The third-order valence-electron chi connectivity index (χ3n) is 6.71. The minimum absolute atomic E-state index is 0.0383. The van der Waals surface area contributed by atoms with Crippen molar-refractivity contribution in [3.63, 3.8) is 0 Å². The molecule has 4 rings (SSSR count). The molecule has 0 atom stereocenters. The summed E-state index contributed by atoms with van der Waals surface area (Å²) in [6.07, 6.45) is 3.94. The van der Waals surface area contributed by atoms with Gasteiger partial charge in [-0.3, -0.25) is 9.59 Å². The Labute approximate surface area is 181 Å². The number of nitrogens with zero attached hydrogens (tertiary/aromatic N) is 4. The summed E-state index contributed by atoms with van der Waals surface area (Å²) in [5.41, 5.74) is 0.438. The lowest BCUT2D eigenvalue weighted by Crippen LogP contribution is -2.51. The molecule has 0 unspecified atom stereocenters. The number of amides is 1. The molecule has 2 aliphatic rings. The first-order chi connectivity index (χ1) is 15.0. The normalized spacial score (nSPS) is 18.9. The van der Waals surface area contributed by atoms with E-state index in [0.717, 1.165) is 37.3 Å². The van der Waals surface area contributed by atoms with Gasteiger partial charge in [0.15, 0.2) is 0 Å². The van der Waals surface area contributed by atoms with Crippen LogP contribution in [-0.4, -0.2) is 53.0 Å². The smallest absolute Gasteiger partial charge is 0.314 e. The highest BCUT2D eigenvalue weighted by atomic mass is 16.4. The highest BCUT2D eigenvalue weighted by Crippen LogP contribution is 2.37. The summed E-state index contributed by atoms with van der Waals surface area (Å²) in [6, 6.07) is 15.0. The minimum atomic E-state index is -0.914. The van der Waals surface area contributed by atoms with E-state index in [0.29, 0.717) is 31.5 Å². The average Bonchev–Trinajstić information content (AvgIpc) is 2.84. The van der Waals surface area contributed by atoms with Crippen LogP contribution in [0.3, 0.4) is 0 Å². The third-order valence-corrected chi connectivity index (χ3v) is 6.71. The van der Waals surface area contributed by atoms with Gasteiger partial charge in [0.2, 0.25) is 5.91 Å². The van der Waals surface area contributed by atoms with E-state index in [1.54, 1.807) is 12.3 Å². The van der Waals surface area contributed by atoms with Gasteiger partial charge in [-0.15, -0.1) is 0 Å². The van der Waals surface area contributed by atoms with Gasteiger partial charge in [-0.05, 0) is 43.4 Å². The zero-order valence-corrected chi connectivity index (χ0v) is 17.4. The minimum Gasteiger partial charge on any atom is -0.481 e. The molecule has 0 saturated carbocycles. The number of aliphatic carboxylic acids is 1. The van der Waals surface area contributed by atoms with E-state index in [-0.39, 0.29) is 11.8 Å². The molecule has 31 heavy (non-hydrogen) atoms. The number of rotatable bonds is 4. The zero-order chi connectivity index (χ0) is 21.8. The van der Waals surface area contributed by atoms with Gasteiger partial charge in [-0.25, -0.2) is 4.98 Å². The molecule has 7 nitrogen and oxygen atoms in total. The van der Waals surface area contributed by atoms with Crippen LogP contribution < -0.4 is 4.90 Å². The number of anilines is 1. The summed E-state index contributed by atoms with van der Waals surface area (Å²) in [6.45, 7) is 2.42. The molecular formula is C24H26N4O3. The Morgan fingerprint density at radius 3 is 2.26 bits per heavy atom. The predicted octanol–water partition coefficient (Wildman–Crippen LogP) is 2.81. The molecule has 7 heteroatoms. The molecule has 2 fully saturated rings. The second-order valence-electron chi connectivity index (χ2n) is 8.36. The number of benzene rings is 1. The molecule has 0 bridgehead atoms. The summed E-state index contributed by atoms with van der Waals surface area (Å²) < 4.78 is 0. The number of hydrogen-bond acceptors (Lipinski definition) is 5. The Hall–Kier alpha value is -3.40. The Balaban J connectivity index is 1.35. The molecule has 3 heterocycles. The molecule has 1 N–H and O–H groups in total. The second kappa shape index (κ2) is 8.76. The van der Waals surface area contributed by atoms with E-state index < -0.39 is 11.4 Å². The zero-order valence-electron chi connectivity index (χ0n) is 17.4. The lowest BCUT2D eigenvalue weighted by atomic mass is 9.72. The molecule has 0 radical (unpaired) electrons. The van der Waals surface area contributed by atoms with Crippen LogP contribution >= 0.6 is 0 Å². The van der Waals surface area contributed by atoms with Crippen LogP contribution in [0.25, 0.3) is 0 Å². The van der Waals surface area contributed by atoms with Gasteiger partial charge in [-0.2, -0.15) is 5.26 Å². The fraction of sp³-hybridized carbons (Fsp3) is 0.417. The van der Waals surface area contributed by atoms with Crippen molar-refractivity contribution in [2.45, 2.75) is 31.1 Å². The fourth-order valence-corrected chi connectivity index (χ4v) is 4.75. The number of hydrogen-bond donors (Lipinski definition) is 1. The van der Waals surface area contributed by atoms with Crippen LogP contribution in [0.15, 0.2) is 48.7 Å². The van der Waals surface area contributed by atoms with Crippen molar-refractivity contribution in [2.24, 2.45) is 5.92 Å². The van der Waals surface area contributed by atoms with E-state index in [1.165, 1.54) is 0 Å². The summed E-state index contributed by atoms with van der Waals surface area (Å²) in [4.78, 5) is 33.6. The standard InChI is InChI=1S/C24H26N4O3/c25-16-18-6-7-21(26-17-18)27-12-8-19(9-13-27)22(29)28-14-10-24(11-15-28,23(30)31)20-4-2-1-3-5-20/h1-7,17,19H,8-15H2,(H,30,31). The predicted molar refractivity (Wildman–Crippen MR) is 115 cm³/mol. The first-order valence-corrected chi connectivity index (χ1v) is 10.7. The van der Waals surface area contributed by atoms with Gasteiger partial charge in [0, 0.05) is 38.3 Å². The van der Waals surface area contributed by atoms with Crippen molar-refractivity contribution in [3.8, 4) is 6.07 Å². The molecule has 2 saturated heterocycles. The molecule has 2 aromatic rings. The van der Waals surface area contributed by atoms with Crippen molar-refractivity contribution in [1.29, 1.82) is 5.26 Å². The number of piperidine rings is 2. The summed E-state index contributed by atoms with van der Waals surface area (Å²) in [5.74, 6) is 0.120. The maximum atomic E-state index is 13.1. The monoisotopic (exact) mass is 418 g/mol. The quantitative estimate of drug-likeness (QED) is 0.820. The third kappa shape index (κ3) is 4.11. The first-order valence-electron chi connectivity index (χ1n) is 10.7. The molecule has 160 valence electrons. The number of carbonyl (C=O) groups is 2. The summed E-state index contributed by atoms with van der Waals surface area (Å²) in [5, 5.41) is 18.9. The molecule has 0 aliphatic carbocycles. The number of pyridine rings is 1. The maximum Gasteiger partial charge on any atom is 0.314 e. The van der Waals surface area contributed by atoms with Crippen molar-refractivity contribution < 1.29 is 14.7 Å². The molecule has 2 aliphatic heterocycles. The number of nitriles is 1. The van der Waals surface area contributed by atoms with Crippen LogP contribution in [0.2, 0.25) is 0 Å². The van der Waals surface area contributed by atoms with Crippen molar-refractivity contribution in [2.75, 3.05) is 31.1 Å². The Morgan fingerprint density at radius 1 is 1.03 bits per heavy atom. The largest absolute Gasteiger partial charge is 0.481 e. The summed E-state index contributed by atoms with van der Waals surface area (Å²) in [7, 11) is 0. The van der Waals surface area contributed by atoms with Crippen LogP contribution in [0.5, 0.6) is 0 Å². The van der Waals surface area contributed by atoms with E-state index in [2.05, 4.69) is 16.0 Å². The average molecular weight is 418 g/mol. The lowest BCUT2D eigenvalue weighted by Gasteiger charge is -2.41. The number of carbonyl (C=O) groups excluding carboxylic acids is 1. The number of aromatic nitrogens is 1. The van der Waals surface area contributed by atoms with Crippen LogP contribution in [0.4, 0.5) is 5.82 Å². The first kappa shape index (κ1) is 20.9. The van der Waals surface area contributed by atoms with E-state index >= 15 is 0 Å². The summed E-state index contributed by atoms with van der Waals surface area (Å²) >= 11 is 0. The molecule has 1 amide bonds. The second-order valence-corrected chi connectivity index (χ2v) is 8.36. The lowest BCUT2D eigenvalue weighted by molar-refractivity contribution is -0.149. The molecular weight excluding hydrogens is 392 g/mol. The van der Waals surface area contributed by atoms with Gasteiger partial charge in [0.25, 0.3) is 0 Å². The SMILES string of the molecule is N#Cc1ccc(N2CCC(C(=O)N3CCC(C(=O)O)(c4ccccc4)CC3)CC2)nc1. The highest BCUT2D eigenvalue weighted by Gasteiger charge is 2.44. The molecule has 1 aromatic carbocycles. The van der Waals surface area contributed by atoms with E-state index in [4.69, 9.17) is 5.26 Å². The van der Waals surface area contributed by atoms with E-state index in [9.17, 15) is 14.7 Å². The Bertz CT molecular complexity index is 968. The van der Waals surface area contributed by atoms with Gasteiger partial charge in [-0.1, -0.05) is 30.3 Å². The van der Waals surface area contributed by atoms with Crippen LogP contribution in [0, 0.1) is 17.2 Å². The van der Waals surface area contributed by atoms with Crippen molar-refractivity contribution in [3.05, 3.63) is 59.8 Å². The highest BCUT2D eigenvalue weighted by molar-refractivity contribution is 5.83. The van der Waals surface area contributed by atoms with E-state index in [1.807, 2.05) is 41.3 Å². The van der Waals surface area contributed by atoms with Crippen LogP contribution in [-0.2, 0) is 15.0 Å². The van der Waals surface area contributed by atoms with Crippen LogP contribution in [0.1, 0.15) is 36.8 Å². The number of likely N-dealkylation sites (tertiary alicyclic amines) is 1. The fourth-order valence-electron chi connectivity index (χ4n) is 4.75. The maximum absolute atomic E-state index is 13.1. The molecule has 0 spiro atoms. The topological polar surface area (TPSA) is 97.5 Å². The van der Waals surface area contributed by atoms with Crippen molar-refractivity contribution >= 4 is 17.7 Å². The Morgan fingerprint density at radius 2 is 1.71 bits per heavy atom. The molecule has 1 aromatic heterocycles. The van der Waals surface area contributed by atoms with Gasteiger partial charge in [0.05, 0.1) is 11.0 Å². The number of carboxylic acids is 1. The van der Waals surface area contributed by atoms with Crippen molar-refractivity contribution in [1.82, 2.24) is 9.88 Å². The number of carboxylic acid groups (broad SMARTS) is 1. The van der Waals surface area contributed by atoms with Gasteiger partial charge >= 0.3 is 5.97 Å².